The molecule has 0 aliphatic carbocycles. The number of benzene rings is 1. The predicted octanol–water partition coefficient (Wildman–Crippen LogP) is 3.06. The highest BCUT2D eigenvalue weighted by Crippen LogP contribution is 2.27. The van der Waals surface area contributed by atoms with Crippen molar-refractivity contribution in [1.82, 2.24) is 9.55 Å². The van der Waals surface area contributed by atoms with Gasteiger partial charge in [-0.1, -0.05) is 13.0 Å². The van der Waals surface area contributed by atoms with Gasteiger partial charge in [0.05, 0.1) is 17.2 Å². The molecule has 0 radical (unpaired) electrons. The maximum atomic E-state index is 6.14. The van der Waals surface area contributed by atoms with E-state index in [4.69, 9.17) is 5.73 Å². The summed E-state index contributed by atoms with van der Waals surface area (Å²) in [4.78, 5) is 4.38. The lowest BCUT2D eigenvalue weighted by Gasteiger charge is -2.13. The van der Waals surface area contributed by atoms with E-state index in [1.54, 1.807) is 0 Å². The van der Waals surface area contributed by atoms with Crippen LogP contribution in [0.3, 0.4) is 0 Å². The highest BCUT2D eigenvalue weighted by Gasteiger charge is 2.09. The second kappa shape index (κ2) is 3.86. The van der Waals surface area contributed by atoms with Crippen LogP contribution in [0.4, 0.5) is 0 Å². The molecule has 3 heteroatoms. The van der Waals surface area contributed by atoms with Crippen molar-refractivity contribution in [3.05, 3.63) is 42.7 Å². The van der Waals surface area contributed by atoms with Crippen LogP contribution in [0.25, 0.3) is 21.8 Å². The van der Waals surface area contributed by atoms with Crippen LogP contribution in [-0.4, -0.2) is 9.55 Å². The highest BCUT2D eigenvalue weighted by molar-refractivity contribution is 6.04. The summed E-state index contributed by atoms with van der Waals surface area (Å²) in [5.41, 5.74) is 8.34. The monoisotopic (exact) mass is 225 g/mol. The lowest BCUT2D eigenvalue weighted by Crippen LogP contribution is -2.16. The van der Waals surface area contributed by atoms with Crippen molar-refractivity contribution in [2.75, 3.05) is 0 Å². The zero-order chi connectivity index (χ0) is 11.8. The third kappa shape index (κ3) is 1.51. The quantitative estimate of drug-likeness (QED) is 0.728. The molecule has 17 heavy (non-hydrogen) atoms. The molecule has 0 aliphatic rings. The fraction of sp³-hybridized carbons (Fsp3) is 0.214. The van der Waals surface area contributed by atoms with Crippen LogP contribution in [0, 0.1) is 0 Å². The van der Waals surface area contributed by atoms with Crippen LogP contribution in [0.1, 0.15) is 19.5 Å². The molecule has 0 aliphatic heterocycles. The maximum Gasteiger partial charge on any atom is 0.0812 e. The van der Waals surface area contributed by atoms with E-state index in [1.807, 2.05) is 12.3 Å². The Morgan fingerprint density at radius 2 is 2.18 bits per heavy atom. The molecule has 2 N–H and O–H groups in total. The predicted molar refractivity (Wildman–Crippen MR) is 70.8 cm³/mol. The molecule has 3 aromatic rings. The van der Waals surface area contributed by atoms with E-state index in [-0.39, 0.29) is 6.17 Å². The number of rotatable bonds is 2. The van der Waals surface area contributed by atoms with Gasteiger partial charge in [-0.3, -0.25) is 4.98 Å². The second-order valence-corrected chi connectivity index (χ2v) is 4.27. The lowest BCUT2D eigenvalue weighted by molar-refractivity contribution is 0.522. The molecule has 0 spiro atoms. The number of fused-ring (bicyclic) bond motifs is 3. The highest BCUT2D eigenvalue weighted by atomic mass is 15.1. The zero-order valence-corrected chi connectivity index (χ0v) is 9.80. The van der Waals surface area contributed by atoms with Gasteiger partial charge in [-0.2, -0.15) is 0 Å². The van der Waals surface area contributed by atoms with Gasteiger partial charge in [0.25, 0.3) is 0 Å². The van der Waals surface area contributed by atoms with Gasteiger partial charge >= 0.3 is 0 Å². The first-order valence-corrected chi connectivity index (χ1v) is 5.91. The summed E-state index contributed by atoms with van der Waals surface area (Å²) in [6.07, 6.45) is 4.82. The van der Waals surface area contributed by atoms with Crippen LogP contribution in [0.5, 0.6) is 0 Å². The van der Waals surface area contributed by atoms with E-state index in [1.165, 1.54) is 16.3 Å². The van der Waals surface area contributed by atoms with Crippen LogP contribution in [-0.2, 0) is 0 Å². The molecule has 0 unspecified atom stereocenters. The van der Waals surface area contributed by atoms with Gasteiger partial charge in [-0.15, -0.1) is 0 Å². The summed E-state index contributed by atoms with van der Waals surface area (Å²) >= 11 is 0. The number of nitrogens with two attached hydrogens (primary N) is 1. The Morgan fingerprint density at radius 3 is 3.00 bits per heavy atom. The molecule has 2 heterocycles. The third-order valence-corrected chi connectivity index (χ3v) is 3.24. The van der Waals surface area contributed by atoms with Gasteiger partial charge in [0.15, 0.2) is 0 Å². The minimum absolute atomic E-state index is 0.0262. The van der Waals surface area contributed by atoms with E-state index >= 15 is 0 Å². The Kier molecular flexibility index (Phi) is 2.34. The van der Waals surface area contributed by atoms with Crippen LogP contribution in [0.15, 0.2) is 42.7 Å². The van der Waals surface area contributed by atoms with Gasteiger partial charge in [-0.25, -0.2) is 0 Å². The van der Waals surface area contributed by atoms with Crippen molar-refractivity contribution in [2.24, 2.45) is 5.73 Å². The van der Waals surface area contributed by atoms with Gasteiger partial charge < -0.3 is 10.3 Å². The van der Waals surface area contributed by atoms with E-state index in [0.29, 0.717) is 0 Å². The number of hydrogen-bond donors (Lipinski definition) is 1. The standard InChI is InChI=1S/C14H15N3/c1-2-13(15)17-9-7-10-5-6-12-11(14(10)17)4-3-8-16-12/h3-9,13H,2,15H2,1H3/t13-/m0/s1. The maximum absolute atomic E-state index is 6.14. The zero-order valence-electron chi connectivity index (χ0n) is 9.80. The van der Waals surface area contributed by atoms with Crippen molar-refractivity contribution < 1.29 is 0 Å². The molecule has 86 valence electrons. The summed E-state index contributed by atoms with van der Waals surface area (Å²) in [5, 5.41) is 2.38. The molecule has 0 saturated carbocycles. The number of hydrogen-bond acceptors (Lipinski definition) is 2. The smallest absolute Gasteiger partial charge is 0.0812 e. The molecule has 1 aromatic carbocycles. The first kappa shape index (κ1) is 10.3. The van der Waals surface area contributed by atoms with Crippen LogP contribution >= 0.6 is 0 Å². The fourth-order valence-corrected chi connectivity index (χ4v) is 2.28. The average Bonchev–Trinajstić information content (AvgIpc) is 2.82. The molecule has 0 saturated heterocycles. The van der Waals surface area contributed by atoms with Crippen molar-refractivity contribution in [2.45, 2.75) is 19.5 Å². The van der Waals surface area contributed by atoms with Gasteiger partial charge in [0, 0.05) is 23.2 Å². The number of pyridine rings is 1. The second-order valence-electron chi connectivity index (χ2n) is 4.27. The largest absolute Gasteiger partial charge is 0.331 e. The minimum atomic E-state index is 0.0262. The molecule has 2 aromatic heterocycles. The van der Waals surface area contributed by atoms with Crippen molar-refractivity contribution >= 4 is 21.8 Å². The SMILES string of the molecule is CC[C@@H](N)n1ccc2ccc3ncccc3c21. The Hall–Kier alpha value is -1.87. The van der Waals surface area contributed by atoms with Crippen LogP contribution in [0.2, 0.25) is 0 Å². The fourth-order valence-electron chi connectivity index (χ4n) is 2.28. The summed E-state index contributed by atoms with van der Waals surface area (Å²) in [6.45, 7) is 2.10. The number of aromatic nitrogens is 2. The van der Waals surface area contributed by atoms with Gasteiger partial charge in [0.2, 0.25) is 0 Å². The molecule has 0 fully saturated rings. The molecule has 0 bridgehead atoms. The van der Waals surface area contributed by atoms with Crippen molar-refractivity contribution in [1.29, 1.82) is 0 Å². The molecular weight excluding hydrogens is 210 g/mol. The first-order chi connectivity index (χ1) is 8.31. The molecule has 3 rings (SSSR count). The van der Waals surface area contributed by atoms with Crippen molar-refractivity contribution in [3.63, 3.8) is 0 Å². The number of nitrogens with zero attached hydrogens (tertiary/aromatic N) is 2. The van der Waals surface area contributed by atoms with E-state index in [9.17, 15) is 0 Å². The summed E-state index contributed by atoms with van der Waals surface area (Å²) < 4.78 is 2.14. The van der Waals surface area contributed by atoms with E-state index in [0.717, 1.165) is 11.9 Å². The van der Waals surface area contributed by atoms with Gasteiger partial charge in [-0.05, 0) is 30.7 Å². The van der Waals surface area contributed by atoms with Gasteiger partial charge in [0.1, 0.15) is 0 Å². The van der Waals surface area contributed by atoms with Crippen LogP contribution < -0.4 is 5.73 Å². The normalized spacial score (nSPS) is 13.3. The van der Waals surface area contributed by atoms with E-state index in [2.05, 4.69) is 46.9 Å². The van der Waals surface area contributed by atoms with E-state index < -0.39 is 0 Å². The lowest BCUT2D eigenvalue weighted by atomic mass is 10.1. The summed E-state index contributed by atoms with van der Waals surface area (Å²) in [6, 6.07) is 10.3. The Morgan fingerprint density at radius 1 is 1.29 bits per heavy atom. The Labute approximate surface area is 99.9 Å². The summed E-state index contributed by atoms with van der Waals surface area (Å²) in [7, 11) is 0. The molecule has 3 nitrogen and oxygen atoms in total. The Bertz CT molecular complexity index is 669. The average molecular weight is 225 g/mol. The molecule has 1 atom stereocenters. The topological polar surface area (TPSA) is 43.8 Å². The molecule has 0 amide bonds. The minimum Gasteiger partial charge on any atom is -0.331 e. The summed E-state index contributed by atoms with van der Waals surface area (Å²) in [5.74, 6) is 0. The molecular formula is C14H15N3. The third-order valence-electron chi connectivity index (χ3n) is 3.24. The Balaban J connectivity index is 2.42. The first-order valence-electron chi connectivity index (χ1n) is 5.91. The van der Waals surface area contributed by atoms with Crippen molar-refractivity contribution in [3.8, 4) is 0 Å².